The van der Waals surface area contributed by atoms with Crippen LogP contribution >= 0.6 is 0 Å². The number of aromatic nitrogens is 1. The zero-order chi connectivity index (χ0) is 18.9. The molecule has 150 valence electrons. The van der Waals surface area contributed by atoms with Gasteiger partial charge in [-0.3, -0.25) is 0 Å². The minimum atomic E-state index is 0.404. The molecule has 3 aliphatic rings. The molecule has 28 heavy (non-hydrogen) atoms. The number of likely N-dealkylation sites (tertiary alicyclic amines) is 1. The standard InChI is InChI=1S/C23H31N3O2/c1-16-12-20-18-6-4-7-19(18)23(24-17-14-27-15-17)25-21(20)13-22(16)28-11-5-10-26-8-2-3-9-26/h12-13,17H,2-11,14-15H2,1H3,(H,24,25). The van der Waals surface area contributed by atoms with Gasteiger partial charge in [0.15, 0.2) is 0 Å². The molecule has 1 aromatic heterocycles. The summed E-state index contributed by atoms with van der Waals surface area (Å²) in [5, 5.41) is 4.92. The van der Waals surface area contributed by atoms with Crippen LogP contribution in [0.3, 0.4) is 0 Å². The number of benzene rings is 1. The molecular weight excluding hydrogens is 350 g/mol. The molecule has 0 atom stereocenters. The molecule has 3 heterocycles. The molecule has 2 aliphatic heterocycles. The van der Waals surface area contributed by atoms with Crippen LogP contribution in [0.15, 0.2) is 12.1 Å². The second kappa shape index (κ2) is 7.88. The topological polar surface area (TPSA) is 46.6 Å². The van der Waals surface area contributed by atoms with E-state index in [1.54, 1.807) is 0 Å². The Hall–Kier alpha value is -1.85. The molecule has 1 N–H and O–H groups in total. The lowest BCUT2D eigenvalue weighted by molar-refractivity contribution is 0.0209. The summed E-state index contributed by atoms with van der Waals surface area (Å²) in [5.74, 6) is 2.05. The monoisotopic (exact) mass is 381 g/mol. The minimum absolute atomic E-state index is 0.404. The van der Waals surface area contributed by atoms with Crippen LogP contribution in [0.25, 0.3) is 10.9 Å². The van der Waals surface area contributed by atoms with Gasteiger partial charge < -0.3 is 19.7 Å². The molecule has 5 heteroatoms. The van der Waals surface area contributed by atoms with Crippen LogP contribution in [0.1, 0.15) is 42.4 Å². The third kappa shape index (κ3) is 3.58. The smallest absolute Gasteiger partial charge is 0.130 e. The Balaban J connectivity index is 1.35. The third-order valence-corrected chi connectivity index (χ3v) is 6.41. The molecule has 5 nitrogen and oxygen atoms in total. The van der Waals surface area contributed by atoms with E-state index in [-0.39, 0.29) is 0 Å². The maximum absolute atomic E-state index is 6.17. The quantitative estimate of drug-likeness (QED) is 0.741. The largest absolute Gasteiger partial charge is 0.493 e. The zero-order valence-corrected chi connectivity index (χ0v) is 16.9. The molecule has 2 aromatic rings. The summed E-state index contributed by atoms with van der Waals surface area (Å²) in [6.45, 7) is 8.17. The summed E-state index contributed by atoms with van der Waals surface area (Å²) in [4.78, 5) is 7.55. The SMILES string of the molecule is Cc1cc2c3c(c(NC4COC4)nc2cc1OCCCN1CCCC1)CCC3. The summed E-state index contributed by atoms with van der Waals surface area (Å²) in [7, 11) is 0. The summed E-state index contributed by atoms with van der Waals surface area (Å²) in [5.41, 5.74) is 5.18. The van der Waals surface area contributed by atoms with E-state index in [0.29, 0.717) is 6.04 Å². The molecule has 2 fully saturated rings. The van der Waals surface area contributed by atoms with Gasteiger partial charge in [-0.1, -0.05) is 0 Å². The number of aryl methyl sites for hydroxylation is 2. The number of fused-ring (bicyclic) bond motifs is 3. The predicted octanol–water partition coefficient (Wildman–Crippen LogP) is 3.71. The zero-order valence-electron chi connectivity index (χ0n) is 16.9. The average Bonchev–Trinajstić information content (AvgIpc) is 3.34. The van der Waals surface area contributed by atoms with Crippen molar-refractivity contribution in [3.63, 3.8) is 0 Å². The summed E-state index contributed by atoms with van der Waals surface area (Å²) < 4.78 is 11.5. The van der Waals surface area contributed by atoms with Gasteiger partial charge in [-0.05, 0) is 81.3 Å². The van der Waals surface area contributed by atoms with Crippen molar-refractivity contribution in [2.75, 3.05) is 44.8 Å². The first-order chi connectivity index (χ1) is 13.8. The van der Waals surface area contributed by atoms with Crippen molar-refractivity contribution in [2.45, 2.75) is 51.5 Å². The van der Waals surface area contributed by atoms with Gasteiger partial charge in [0.2, 0.25) is 0 Å². The number of rotatable bonds is 7. The lowest BCUT2D eigenvalue weighted by atomic mass is 10.0. The molecule has 0 amide bonds. The van der Waals surface area contributed by atoms with Crippen LogP contribution in [0.5, 0.6) is 5.75 Å². The van der Waals surface area contributed by atoms with Gasteiger partial charge in [-0.25, -0.2) is 4.98 Å². The molecule has 0 radical (unpaired) electrons. The summed E-state index contributed by atoms with van der Waals surface area (Å²) in [6.07, 6.45) is 7.29. The normalized spacial score (nSPS) is 19.8. The van der Waals surface area contributed by atoms with Crippen molar-refractivity contribution < 1.29 is 9.47 Å². The van der Waals surface area contributed by atoms with Crippen molar-refractivity contribution in [1.82, 2.24) is 9.88 Å². The molecule has 0 bridgehead atoms. The second-order valence-corrected chi connectivity index (χ2v) is 8.54. The number of pyridine rings is 1. The fourth-order valence-electron chi connectivity index (χ4n) is 4.77. The van der Waals surface area contributed by atoms with Crippen molar-refractivity contribution in [3.05, 3.63) is 28.8 Å². The molecule has 0 saturated carbocycles. The summed E-state index contributed by atoms with van der Waals surface area (Å²) >= 11 is 0. The van der Waals surface area contributed by atoms with Gasteiger partial charge in [0.05, 0.1) is 31.4 Å². The van der Waals surface area contributed by atoms with Crippen LogP contribution in [-0.4, -0.2) is 55.4 Å². The number of ether oxygens (including phenoxy) is 2. The Morgan fingerprint density at radius 3 is 2.75 bits per heavy atom. The van der Waals surface area contributed by atoms with Crippen LogP contribution in [0, 0.1) is 6.92 Å². The Labute approximate surface area is 167 Å². The number of nitrogens with one attached hydrogen (secondary N) is 1. The number of nitrogens with zero attached hydrogens (tertiary/aromatic N) is 2. The van der Waals surface area contributed by atoms with Crippen LogP contribution in [-0.2, 0) is 17.6 Å². The first kappa shape index (κ1) is 18.2. The van der Waals surface area contributed by atoms with E-state index in [4.69, 9.17) is 14.5 Å². The Morgan fingerprint density at radius 2 is 1.96 bits per heavy atom. The van der Waals surface area contributed by atoms with Gasteiger partial charge in [-0.2, -0.15) is 0 Å². The van der Waals surface area contributed by atoms with E-state index in [1.165, 1.54) is 54.4 Å². The fourth-order valence-corrected chi connectivity index (χ4v) is 4.77. The maximum Gasteiger partial charge on any atom is 0.130 e. The number of anilines is 1. The third-order valence-electron chi connectivity index (χ3n) is 6.41. The lowest BCUT2D eigenvalue weighted by Crippen LogP contribution is -2.40. The molecule has 2 saturated heterocycles. The van der Waals surface area contributed by atoms with Gasteiger partial charge in [0, 0.05) is 18.0 Å². The first-order valence-corrected chi connectivity index (χ1v) is 10.9. The molecular formula is C23H31N3O2. The maximum atomic E-state index is 6.17. The van der Waals surface area contributed by atoms with Gasteiger partial charge in [0.25, 0.3) is 0 Å². The van der Waals surface area contributed by atoms with E-state index >= 15 is 0 Å². The molecule has 5 rings (SSSR count). The average molecular weight is 382 g/mol. The Kier molecular flexibility index (Phi) is 5.12. The molecule has 1 aliphatic carbocycles. The summed E-state index contributed by atoms with van der Waals surface area (Å²) in [6, 6.07) is 4.85. The lowest BCUT2D eigenvalue weighted by Gasteiger charge is -2.28. The van der Waals surface area contributed by atoms with Crippen LogP contribution in [0.2, 0.25) is 0 Å². The molecule has 1 aromatic carbocycles. The Morgan fingerprint density at radius 1 is 1.14 bits per heavy atom. The van der Waals surface area contributed by atoms with E-state index in [9.17, 15) is 0 Å². The molecule has 0 unspecified atom stereocenters. The van der Waals surface area contributed by atoms with Crippen LogP contribution in [0.4, 0.5) is 5.82 Å². The second-order valence-electron chi connectivity index (χ2n) is 8.54. The first-order valence-electron chi connectivity index (χ1n) is 10.9. The van der Waals surface area contributed by atoms with Crippen molar-refractivity contribution in [1.29, 1.82) is 0 Å². The van der Waals surface area contributed by atoms with Crippen molar-refractivity contribution in [3.8, 4) is 5.75 Å². The van der Waals surface area contributed by atoms with Crippen molar-refractivity contribution >= 4 is 16.7 Å². The number of hydrogen-bond acceptors (Lipinski definition) is 5. The van der Waals surface area contributed by atoms with E-state index in [1.807, 2.05) is 0 Å². The highest BCUT2D eigenvalue weighted by Crippen LogP contribution is 2.36. The van der Waals surface area contributed by atoms with Crippen molar-refractivity contribution in [2.24, 2.45) is 0 Å². The highest BCUT2D eigenvalue weighted by atomic mass is 16.5. The minimum Gasteiger partial charge on any atom is -0.493 e. The predicted molar refractivity (Wildman–Crippen MR) is 113 cm³/mol. The number of hydrogen-bond donors (Lipinski definition) is 1. The van der Waals surface area contributed by atoms with E-state index in [0.717, 1.165) is 62.7 Å². The van der Waals surface area contributed by atoms with Gasteiger partial charge in [-0.15, -0.1) is 0 Å². The van der Waals surface area contributed by atoms with E-state index < -0.39 is 0 Å². The Bertz CT molecular complexity index is 857. The molecule has 0 spiro atoms. The fraction of sp³-hybridized carbons (Fsp3) is 0.609. The van der Waals surface area contributed by atoms with Crippen LogP contribution < -0.4 is 10.1 Å². The highest BCUT2D eigenvalue weighted by molar-refractivity contribution is 5.88. The highest BCUT2D eigenvalue weighted by Gasteiger charge is 2.25. The van der Waals surface area contributed by atoms with Gasteiger partial charge >= 0.3 is 0 Å². The van der Waals surface area contributed by atoms with E-state index in [2.05, 4.69) is 29.3 Å². The van der Waals surface area contributed by atoms with Gasteiger partial charge in [0.1, 0.15) is 11.6 Å².